The number of hydrogen-bond acceptors (Lipinski definition) is 1. The zero-order valence-electron chi connectivity index (χ0n) is 9.43. The molecule has 0 saturated carbocycles. The second kappa shape index (κ2) is 6.15. The molecular formula is C13H8Br2F2IN. The van der Waals surface area contributed by atoms with Crippen LogP contribution in [0.4, 0.5) is 8.78 Å². The average molecular weight is 503 g/mol. The summed E-state index contributed by atoms with van der Waals surface area (Å²) in [6, 6.07) is 7.14. The van der Waals surface area contributed by atoms with E-state index < -0.39 is 17.7 Å². The van der Waals surface area contributed by atoms with E-state index in [9.17, 15) is 8.78 Å². The Bertz CT molecular complexity index is 634. The summed E-state index contributed by atoms with van der Waals surface area (Å²) in [5, 5.41) is 0. The van der Waals surface area contributed by atoms with Crippen LogP contribution >= 0.6 is 54.5 Å². The molecule has 0 bridgehead atoms. The first-order valence-electron chi connectivity index (χ1n) is 5.25. The first kappa shape index (κ1) is 15.3. The van der Waals surface area contributed by atoms with Crippen LogP contribution in [0.3, 0.4) is 0 Å². The molecule has 0 aliphatic carbocycles. The highest BCUT2D eigenvalue weighted by molar-refractivity contribution is 14.1. The zero-order valence-corrected chi connectivity index (χ0v) is 14.8. The van der Waals surface area contributed by atoms with E-state index in [1.165, 1.54) is 12.1 Å². The number of nitrogens with two attached hydrogens (primary N) is 1. The molecule has 1 nitrogen and oxygen atoms in total. The molecule has 0 aliphatic rings. The van der Waals surface area contributed by atoms with Gasteiger partial charge in [0.1, 0.15) is 11.6 Å². The summed E-state index contributed by atoms with van der Waals surface area (Å²) in [6.45, 7) is 0. The van der Waals surface area contributed by atoms with E-state index in [0.29, 0.717) is 5.56 Å². The maximum absolute atomic E-state index is 14.0. The standard InChI is InChI=1S/C13H8Br2F2IN/c14-8-2-1-6(18)5-7(8)13(19)11-10(16)4-3-9(15)12(11)17/h1-5,13H,19H2. The van der Waals surface area contributed by atoms with Gasteiger partial charge < -0.3 is 5.73 Å². The fourth-order valence-electron chi connectivity index (χ4n) is 1.74. The molecule has 0 aromatic heterocycles. The number of rotatable bonds is 2. The van der Waals surface area contributed by atoms with Crippen molar-refractivity contribution in [3.8, 4) is 0 Å². The molecule has 0 spiro atoms. The molecule has 1 atom stereocenters. The molecule has 2 N–H and O–H groups in total. The van der Waals surface area contributed by atoms with Gasteiger partial charge in [-0.3, -0.25) is 0 Å². The summed E-state index contributed by atoms with van der Waals surface area (Å²) < 4.78 is 29.8. The van der Waals surface area contributed by atoms with E-state index >= 15 is 0 Å². The first-order chi connectivity index (χ1) is 8.91. The Morgan fingerprint density at radius 1 is 1.05 bits per heavy atom. The van der Waals surface area contributed by atoms with Gasteiger partial charge in [-0.2, -0.15) is 0 Å². The summed E-state index contributed by atoms with van der Waals surface area (Å²) in [7, 11) is 0. The van der Waals surface area contributed by atoms with Crippen LogP contribution in [0.2, 0.25) is 0 Å². The predicted octanol–water partition coefficient (Wildman–Crippen LogP) is 5.14. The predicted molar refractivity (Wildman–Crippen MR) is 86.9 cm³/mol. The van der Waals surface area contributed by atoms with Crippen LogP contribution in [-0.2, 0) is 0 Å². The molecule has 2 aromatic rings. The van der Waals surface area contributed by atoms with Crippen molar-refractivity contribution in [2.75, 3.05) is 0 Å². The highest BCUT2D eigenvalue weighted by Gasteiger charge is 2.22. The second-order valence-corrected chi connectivity index (χ2v) is 6.85. The lowest BCUT2D eigenvalue weighted by molar-refractivity contribution is 0.539. The number of halogens is 5. The van der Waals surface area contributed by atoms with E-state index in [1.807, 2.05) is 12.1 Å². The maximum atomic E-state index is 14.0. The molecule has 0 fully saturated rings. The lowest BCUT2D eigenvalue weighted by Gasteiger charge is -2.17. The molecule has 2 aromatic carbocycles. The van der Waals surface area contributed by atoms with Crippen LogP contribution in [-0.4, -0.2) is 0 Å². The molecule has 0 aliphatic heterocycles. The van der Waals surface area contributed by atoms with Gasteiger partial charge in [0, 0.05) is 13.6 Å². The van der Waals surface area contributed by atoms with Crippen molar-refractivity contribution in [1.82, 2.24) is 0 Å². The summed E-state index contributed by atoms with van der Waals surface area (Å²) >= 11 is 8.53. The normalized spacial score (nSPS) is 12.5. The molecule has 19 heavy (non-hydrogen) atoms. The Hall–Kier alpha value is -0.0500. The smallest absolute Gasteiger partial charge is 0.145 e. The van der Waals surface area contributed by atoms with E-state index in [-0.39, 0.29) is 10.0 Å². The maximum Gasteiger partial charge on any atom is 0.145 e. The van der Waals surface area contributed by atoms with Crippen molar-refractivity contribution in [3.05, 3.63) is 65.6 Å². The second-order valence-electron chi connectivity index (χ2n) is 3.90. The SMILES string of the molecule is NC(c1cc(I)ccc1Br)c1c(F)ccc(Br)c1F. The van der Waals surface area contributed by atoms with Crippen molar-refractivity contribution < 1.29 is 8.78 Å². The van der Waals surface area contributed by atoms with E-state index in [1.54, 1.807) is 6.07 Å². The van der Waals surface area contributed by atoms with Gasteiger partial charge in [0.15, 0.2) is 0 Å². The molecule has 0 saturated heterocycles. The molecule has 6 heteroatoms. The van der Waals surface area contributed by atoms with Gasteiger partial charge in [-0.1, -0.05) is 15.9 Å². The minimum atomic E-state index is -0.874. The Morgan fingerprint density at radius 2 is 1.68 bits per heavy atom. The lowest BCUT2D eigenvalue weighted by Crippen LogP contribution is -2.16. The van der Waals surface area contributed by atoms with Crippen molar-refractivity contribution in [2.45, 2.75) is 6.04 Å². The fraction of sp³-hybridized carbons (Fsp3) is 0.0769. The Labute approximate surface area is 140 Å². The molecular weight excluding hydrogens is 495 g/mol. The Balaban J connectivity index is 2.59. The van der Waals surface area contributed by atoms with Crippen molar-refractivity contribution in [1.29, 1.82) is 0 Å². The largest absolute Gasteiger partial charge is 0.320 e. The average Bonchev–Trinajstić information content (AvgIpc) is 2.37. The van der Waals surface area contributed by atoms with Gasteiger partial charge in [-0.25, -0.2) is 8.78 Å². The van der Waals surface area contributed by atoms with Crippen LogP contribution in [0.1, 0.15) is 17.2 Å². The number of benzene rings is 2. The van der Waals surface area contributed by atoms with Gasteiger partial charge in [-0.05, 0) is 74.4 Å². The van der Waals surface area contributed by atoms with Gasteiger partial charge >= 0.3 is 0 Å². The minimum absolute atomic E-state index is 0.142. The van der Waals surface area contributed by atoms with Gasteiger partial charge in [0.25, 0.3) is 0 Å². The van der Waals surface area contributed by atoms with E-state index in [4.69, 9.17) is 5.73 Å². The monoisotopic (exact) mass is 501 g/mol. The van der Waals surface area contributed by atoms with Crippen LogP contribution in [0, 0.1) is 15.2 Å². The van der Waals surface area contributed by atoms with E-state index in [0.717, 1.165) is 8.04 Å². The third kappa shape index (κ3) is 3.17. The zero-order chi connectivity index (χ0) is 14.2. The van der Waals surface area contributed by atoms with Gasteiger partial charge in [-0.15, -0.1) is 0 Å². The molecule has 0 amide bonds. The fourth-order valence-corrected chi connectivity index (χ4v) is 3.09. The van der Waals surface area contributed by atoms with Crippen molar-refractivity contribution >= 4 is 54.5 Å². The van der Waals surface area contributed by atoms with Crippen LogP contribution in [0.15, 0.2) is 39.3 Å². The van der Waals surface area contributed by atoms with Crippen molar-refractivity contribution in [2.24, 2.45) is 5.73 Å². The molecule has 100 valence electrons. The first-order valence-corrected chi connectivity index (χ1v) is 7.92. The lowest BCUT2D eigenvalue weighted by atomic mass is 9.98. The molecule has 2 rings (SSSR count). The van der Waals surface area contributed by atoms with E-state index in [2.05, 4.69) is 54.5 Å². The summed E-state index contributed by atoms with van der Waals surface area (Å²) in [6.07, 6.45) is 0. The molecule has 1 unspecified atom stereocenters. The van der Waals surface area contributed by atoms with Gasteiger partial charge in [0.2, 0.25) is 0 Å². The highest BCUT2D eigenvalue weighted by Crippen LogP contribution is 2.33. The summed E-state index contributed by atoms with van der Waals surface area (Å²) in [4.78, 5) is 0. The van der Waals surface area contributed by atoms with Crippen LogP contribution in [0.5, 0.6) is 0 Å². The molecule has 0 radical (unpaired) electrons. The topological polar surface area (TPSA) is 26.0 Å². The van der Waals surface area contributed by atoms with Crippen LogP contribution < -0.4 is 5.73 Å². The highest BCUT2D eigenvalue weighted by atomic mass is 127. The third-order valence-corrected chi connectivity index (χ3v) is 4.69. The third-order valence-electron chi connectivity index (χ3n) is 2.68. The van der Waals surface area contributed by atoms with Crippen molar-refractivity contribution in [3.63, 3.8) is 0 Å². The van der Waals surface area contributed by atoms with Gasteiger partial charge in [0.05, 0.1) is 10.5 Å². The Morgan fingerprint density at radius 3 is 2.37 bits per heavy atom. The quantitative estimate of drug-likeness (QED) is 0.446. The summed E-state index contributed by atoms with van der Waals surface area (Å²) in [5.74, 6) is -1.32. The summed E-state index contributed by atoms with van der Waals surface area (Å²) in [5.41, 5.74) is 6.52. The Kier molecular flexibility index (Phi) is 4.97. The number of hydrogen-bond donors (Lipinski definition) is 1. The molecule has 0 heterocycles. The van der Waals surface area contributed by atoms with Crippen LogP contribution in [0.25, 0.3) is 0 Å². The minimum Gasteiger partial charge on any atom is -0.320 e.